The Labute approximate surface area is 400 Å². The summed E-state index contributed by atoms with van der Waals surface area (Å²) in [5.74, 6) is -3.06. The van der Waals surface area contributed by atoms with E-state index in [-0.39, 0.29) is 25.4 Å². The standard InChI is InChI=1S/C54H82N6O7/c1-6-54(5,36-42-22-14-11-9-7-8-10-12-15-23-42)31-30-39-26-28-41(29-27-39)34-43(55)48(61)58-47(37(2)3)50(63)56-38(4)51(64)59-32-18-24-45(59)49(62)57-44(35-40-20-16-13-17-21-40)52(65)60-33-19-25-46(60)53(66)67/h13,16-17,20-21,26-29,37-38,42-47H,6-12,14-15,18-19,22-25,30-36,55H2,1-5H3,(H,56,63)(H,57,62)(H,58,61)(H,66,67)/t38-,43-,44-,45-,46?,47-,54?/m0/s1. The minimum Gasteiger partial charge on any atom is -0.480 e. The van der Waals surface area contributed by atoms with E-state index in [1.807, 2.05) is 42.5 Å². The third-order valence-electron chi connectivity index (χ3n) is 15.0. The number of aliphatic carboxylic acids is 1. The molecule has 5 amide bonds. The maximum Gasteiger partial charge on any atom is 0.326 e. The summed E-state index contributed by atoms with van der Waals surface area (Å²) in [6, 6.07) is 11.8. The highest BCUT2D eigenvalue weighted by Crippen LogP contribution is 2.39. The van der Waals surface area contributed by atoms with Crippen molar-refractivity contribution in [3.8, 4) is 0 Å². The zero-order valence-corrected chi connectivity index (χ0v) is 41.2. The predicted molar refractivity (Wildman–Crippen MR) is 263 cm³/mol. The fourth-order valence-corrected chi connectivity index (χ4v) is 10.5. The normalized spacial score (nSPS) is 21.3. The minimum absolute atomic E-state index is 0.151. The molecule has 0 bridgehead atoms. The number of likely N-dealkylation sites (tertiary alicyclic amines) is 2. The lowest BCUT2D eigenvalue weighted by atomic mass is 9.72. The number of nitrogens with zero attached hydrogens (tertiary/aromatic N) is 2. The van der Waals surface area contributed by atoms with Gasteiger partial charge in [0.15, 0.2) is 0 Å². The van der Waals surface area contributed by atoms with E-state index in [4.69, 9.17) is 5.73 Å². The molecule has 2 heterocycles. The summed E-state index contributed by atoms with van der Waals surface area (Å²) in [6.45, 7) is 10.5. The highest BCUT2D eigenvalue weighted by Gasteiger charge is 2.41. The van der Waals surface area contributed by atoms with Crippen LogP contribution in [-0.2, 0) is 48.0 Å². The zero-order valence-electron chi connectivity index (χ0n) is 41.2. The summed E-state index contributed by atoms with van der Waals surface area (Å²) in [6.07, 6.45) is 20.6. The van der Waals surface area contributed by atoms with Crippen LogP contribution in [0.5, 0.6) is 0 Å². The van der Waals surface area contributed by atoms with Gasteiger partial charge in [-0.15, -0.1) is 0 Å². The Morgan fingerprint density at radius 2 is 1.22 bits per heavy atom. The van der Waals surface area contributed by atoms with E-state index in [1.54, 1.807) is 20.8 Å². The van der Waals surface area contributed by atoms with Crippen molar-refractivity contribution >= 4 is 35.5 Å². The maximum absolute atomic E-state index is 13.9. The summed E-state index contributed by atoms with van der Waals surface area (Å²) in [4.78, 5) is 83.5. The molecular weight excluding hydrogens is 845 g/mol. The average Bonchev–Trinajstić information content (AvgIpc) is 4.01. The van der Waals surface area contributed by atoms with E-state index in [1.165, 1.54) is 92.4 Å². The number of carbonyl (C=O) groups excluding carboxylic acids is 5. The van der Waals surface area contributed by atoms with Gasteiger partial charge in [-0.1, -0.05) is 153 Å². The first-order valence-corrected chi connectivity index (χ1v) is 25.7. The molecule has 1 saturated carbocycles. The molecule has 370 valence electrons. The molecule has 3 fully saturated rings. The van der Waals surface area contributed by atoms with Crippen LogP contribution in [0.15, 0.2) is 54.6 Å². The SMILES string of the molecule is CCC(C)(CCc1ccc(C[C@H](N)C(=O)N[C@H](C(=O)N[C@@H](C)C(=O)N2CCC[C@H]2C(=O)N[C@@H](Cc2ccccc2)C(=O)N2CCCC2C(=O)O)C(C)C)cc1)CC1CCCCCCCCCC1. The van der Waals surface area contributed by atoms with Crippen molar-refractivity contribution < 1.29 is 33.9 Å². The molecule has 2 aliphatic heterocycles. The number of rotatable bonds is 20. The Kier molecular flexibility index (Phi) is 20.7. The number of benzene rings is 2. The molecule has 7 atom stereocenters. The van der Waals surface area contributed by atoms with E-state index in [0.717, 1.165) is 29.9 Å². The highest BCUT2D eigenvalue weighted by atomic mass is 16.4. The average molecular weight is 927 g/mol. The van der Waals surface area contributed by atoms with Crippen LogP contribution in [0.4, 0.5) is 0 Å². The predicted octanol–water partition coefficient (Wildman–Crippen LogP) is 7.27. The molecule has 13 heteroatoms. The fourth-order valence-electron chi connectivity index (χ4n) is 10.5. The smallest absolute Gasteiger partial charge is 0.326 e. The van der Waals surface area contributed by atoms with Gasteiger partial charge in [0.05, 0.1) is 6.04 Å². The highest BCUT2D eigenvalue weighted by molar-refractivity contribution is 5.96. The van der Waals surface area contributed by atoms with E-state index >= 15 is 0 Å². The first kappa shape index (κ1) is 53.2. The van der Waals surface area contributed by atoms with Crippen LogP contribution in [0.3, 0.4) is 0 Å². The van der Waals surface area contributed by atoms with Crippen molar-refractivity contribution in [2.45, 2.75) is 199 Å². The van der Waals surface area contributed by atoms with Crippen LogP contribution in [-0.4, -0.2) is 99.8 Å². The second kappa shape index (κ2) is 26.1. The van der Waals surface area contributed by atoms with Crippen LogP contribution in [0.25, 0.3) is 0 Å². The lowest BCUT2D eigenvalue weighted by Crippen LogP contribution is -2.59. The molecule has 2 aromatic rings. The molecule has 2 aromatic carbocycles. The Hall–Kier alpha value is -4.78. The van der Waals surface area contributed by atoms with Crippen molar-refractivity contribution in [3.63, 3.8) is 0 Å². The monoisotopic (exact) mass is 927 g/mol. The molecule has 67 heavy (non-hydrogen) atoms. The summed E-state index contributed by atoms with van der Waals surface area (Å²) in [5, 5.41) is 18.2. The minimum atomic E-state index is -1.09. The molecule has 0 aromatic heterocycles. The van der Waals surface area contributed by atoms with Gasteiger partial charge in [0, 0.05) is 19.5 Å². The van der Waals surface area contributed by atoms with Gasteiger partial charge in [-0.3, -0.25) is 24.0 Å². The van der Waals surface area contributed by atoms with Gasteiger partial charge in [-0.25, -0.2) is 4.79 Å². The lowest BCUT2D eigenvalue weighted by Gasteiger charge is -2.33. The first-order chi connectivity index (χ1) is 32.1. The number of amides is 5. The van der Waals surface area contributed by atoms with E-state index in [2.05, 4.69) is 41.9 Å². The summed E-state index contributed by atoms with van der Waals surface area (Å²) in [7, 11) is 0. The van der Waals surface area contributed by atoms with Gasteiger partial charge in [0.2, 0.25) is 29.5 Å². The molecule has 2 saturated heterocycles. The van der Waals surface area contributed by atoms with E-state index in [0.29, 0.717) is 37.5 Å². The van der Waals surface area contributed by atoms with Gasteiger partial charge in [0.25, 0.3) is 0 Å². The quantitative estimate of drug-likeness (QED) is 0.0916. The molecule has 1 aliphatic carbocycles. The number of nitrogens with one attached hydrogen (secondary N) is 3. The first-order valence-electron chi connectivity index (χ1n) is 25.7. The van der Waals surface area contributed by atoms with Crippen molar-refractivity contribution in [1.29, 1.82) is 0 Å². The molecular formula is C54H82N6O7. The second-order valence-electron chi connectivity index (χ2n) is 20.7. The molecule has 13 nitrogen and oxygen atoms in total. The number of hydrogen-bond donors (Lipinski definition) is 5. The Morgan fingerprint density at radius 3 is 1.81 bits per heavy atom. The molecule has 0 spiro atoms. The van der Waals surface area contributed by atoms with Crippen molar-refractivity contribution in [2.75, 3.05) is 13.1 Å². The largest absolute Gasteiger partial charge is 0.480 e. The lowest BCUT2D eigenvalue weighted by molar-refractivity contribution is -0.149. The number of hydrogen-bond acceptors (Lipinski definition) is 7. The number of aryl methyl sites for hydroxylation is 1. The molecule has 0 radical (unpaired) electrons. The van der Waals surface area contributed by atoms with Crippen LogP contribution in [0.2, 0.25) is 0 Å². The fraction of sp³-hybridized carbons (Fsp3) is 0.667. The van der Waals surface area contributed by atoms with E-state index < -0.39 is 71.8 Å². The van der Waals surface area contributed by atoms with E-state index in [9.17, 15) is 33.9 Å². The Bertz CT molecular complexity index is 1910. The van der Waals surface area contributed by atoms with Crippen LogP contribution in [0.1, 0.15) is 160 Å². The number of carboxylic acids is 1. The molecule has 6 N–H and O–H groups in total. The Morgan fingerprint density at radius 1 is 0.672 bits per heavy atom. The number of nitrogens with two attached hydrogens (primary N) is 1. The molecule has 5 rings (SSSR count). The number of carboxylic acid groups (broad SMARTS) is 1. The van der Waals surface area contributed by atoms with Crippen LogP contribution >= 0.6 is 0 Å². The molecule has 3 aliphatic rings. The summed E-state index contributed by atoms with van der Waals surface area (Å²) < 4.78 is 0. The third kappa shape index (κ3) is 15.9. The second-order valence-corrected chi connectivity index (χ2v) is 20.7. The summed E-state index contributed by atoms with van der Waals surface area (Å²) in [5.41, 5.74) is 9.76. The van der Waals surface area contributed by atoms with Gasteiger partial charge in [-0.05, 0) is 92.2 Å². The summed E-state index contributed by atoms with van der Waals surface area (Å²) >= 11 is 0. The van der Waals surface area contributed by atoms with Gasteiger partial charge in [0.1, 0.15) is 30.2 Å². The number of carbonyl (C=O) groups is 6. The van der Waals surface area contributed by atoms with Crippen molar-refractivity contribution in [3.05, 3.63) is 71.3 Å². The molecule has 2 unspecified atom stereocenters. The third-order valence-corrected chi connectivity index (χ3v) is 15.0. The zero-order chi connectivity index (χ0) is 48.5. The van der Waals surface area contributed by atoms with Crippen molar-refractivity contribution in [1.82, 2.24) is 25.8 Å². The van der Waals surface area contributed by atoms with Crippen molar-refractivity contribution in [2.24, 2.45) is 23.0 Å². The Balaban J connectivity index is 1.12. The van der Waals surface area contributed by atoms with Crippen LogP contribution in [0, 0.1) is 17.3 Å². The van der Waals surface area contributed by atoms with Gasteiger partial charge < -0.3 is 36.6 Å². The van der Waals surface area contributed by atoms with Gasteiger partial charge in [-0.2, -0.15) is 0 Å². The maximum atomic E-state index is 13.9. The topological polar surface area (TPSA) is 191 Å². The van der Waals surface area contributed by atoms with Crippen LogP contribution < -0.4 is 21.7 Å². The van der Waals surface area contributed by atoms with Gasteiger partial charge >= 0.3 is 5.97 Å².